The molecule has 0 saturated heterocycles. The Hall–Kier alpha value is -3.58. The van der Waals surface area contributed by atoms with Gasteiger partial charge in [-0.05, 0) is 36.6 Å². The van der Waals surface area contributed by atoms with Crippen molar-refractivity contribution in [2.75, 3.05) is 0 Å². The van der Waals surface area contributed by atoms with Crippen LogP contribution in [0.4, 0.5) is 5.69 Å². The number of nitrogens with one attached hydrogen (secondary N) is 2. The first-order valence-corrected chi connectivity index (χ1v) is 10.1. The maximum Gasteiger partial charge on any atom is 0.352 e. The number of carboxylic acids is 1. The zero-order chi connectivity index (χ0) is 22.4. The molecule has 2 aromatic carbocycles. The molecule has 4 aromatic rings. The Morgan fingerprint density at radius 2 is 1.94 bits per heavy atom. The Morgan fingerprint density at radius 3 is 2.58 bits per heavy atom. The summed E-state index contributed by atoms with van der Waals surface area (Å²) < 4.78 is 0. The molecule has 0 unspecified atom stereocenters. The van der Waals surface area contributed by atoms with Crippen LogP contribution in [0.15, 0.2) is 42.6 Å². The molecule has 2 aromatic heterocycles. The Balaban J connectivity index is 2.11. The number of nitro groups is 1. The normalized spacial score (nSPS) is 11.4. The van der Waals surface area contributed by atoms with Crippen LogP contribution in [0.1, 0.15) is 41.4 Å². The number of halogens is 1. The molecule has 0 saturated carbocycles. The molecule has 31 heavy (non-hydrogen) atoms. The van der Waals surface area contributed by atoms with Crippen LogP contribution in [-0.2, 0) is 0 Å². The summed E-state index contributed by atoms with van der Waals surface area (Å²) in [5, 5.41) is 22.7. The van der Waals surface area contributed by atoms with Crippen molar-refractivity contribution in [3.63, 3.8) is 0 Å². The molecule has 0 atom stereocenters. The van der Waals surface area contributed by atoms with Gasteiger partial charge in [-0.1, -0.05) is 37.6 Å². The van der Waals surface area contributed by atoms with Crippen LogP contribution in [0.2, 0.25) is 5.02 Å². The van der Waals surface area contributed by atoms with E-state index >= 15 is 0 Å². The molecular formula is C23H20ClN3O4. The smallest absolute Gasteiger partial charge is 0.352 e. The number of H-pyrrole nitrogens is 2. The number of aromatic carboxylic acids is 1. The molecule has 158 valence electrons. The Bertz CT molecular complexity index is 1350. The topological polar surface area (TPSA) is 112 Å². The molecule has 2 heterocycles. The van der Waals surface area contributed by atoms with Crippen molar-refractivity contribution >= 4 is 34.2 Å². The lowest BCUT2D eigenvalue weighted by atomic mass is 9.89. The minimum Gasteiger partial charge on any atom is -0.477 e. The van der Waals surface area contributed by atoms with Crippen LogP contribution in [0.5, 0.6) is 0 Å². The molecule has 4 rings (SSSR count). The Kier molecular flexibility index (Phi) is 5.07. The number of hydrogen-bond acceptors (Lipinski definition) is 3. The van der Waals surface area contributed by atoms with Gasteiger partial charge in [-0.25, -0.2) is 4.79 Å². The number of rotatable bonds is 5. The van der Waals surface area contributed by atoms with E-state index in [0.29, 0.717) is 22.4 Å². The Labute approximate surface area is 182 Å². The highest BCUT2D eigenvalue weighted by Crippen LogP contribution is 2.45. The molecule has 0 spiro atoms. The number of nitrogens with zero attached hydrogens (tertiary/aromatic N) is 1. The summed E-state index contributed by atoms with van der Waals surface area (Å²) in [6, 6.07) is 10.5. The minimum atomic E-state index is -1.16. The third-order valence-corrected chi connectivity index (χ3v) is 5.76. The summed E-state index contributed by atoms with van der Waals surface area (Å²) in [6.07, 6.45) is 1.82. The maximum absolute atomic E-state index is 12.2. The number of carbonyl (C=O) groups is 1. The van der Waals surface area contributed by atoms with Crippen molar-refractivity contribution < 1.29 is 14.8 Å². The molecule has 0 amide bonds. The molecule has 0 aliphatic heterocycles. The minimum absolute atomic E-state index is 0.0497. The fourth-order valence-electron chi connectivity index (χ4n) is 4.10. The third-order valence-electron chi connectivity index (χ3n) is 5.45. The monoisotopic (exact) mass is 437 g/mol. The number of carboxylic acid groups (broad SMARTS) is 1. The number of hydrogen-bond donors (Lipinski definition) is 3. The number of fused-ring (bicyclic) bond motifs is 1. The lowest BCUT2D eigenvalue weighted by molar-refractivity contribution is -0.385. The molecule has 3 N–H and O–H groups in total. The second kappa shape index (κ2) is 7.59. The second-order valence-electron chi connectivity index (χ2n) is 7.74. The Morgan fingerprint density at radius 1 is 1.19 bits per heavy atom. The van der Waals surface area contributed by atoms with Crippen LogP contribution in [0.25, 0.3) is 33.3 Å². The quantitative estimate of drug-likeness (QED) is 0.243. The highest BCUT2D eigenvalue weighted by atomic mass is 35.5. The molecule has 0 bridgehead atoms. The van der Waals surface area contributed by atoms with Gasteiger partial charge < -0.3 is 15.1 Å². The average molecular weight is 438 g/mol. The van der Waals surface area contributed by atoms with Gasteiger partial charge in [-0.15, -0.1) is 0 Å². The third kappa shape index (κ3) is 3.37. The van der Waals surface area contributed by atoms with E-state index in [4.69, 9.17) is 11.6 Å². The molecule has 8 heteroatoms. The van der Waals surface area contributed by atoms with E-state index in [9.17, 15) is 20.0 Å². The van der Waals surface area contributed by atoms with Crippen molar-refractivity contribution in [3.8, 4) is 22.4 Å². The molecule has 0 radical (unpaired) electrons. The van der Waals surface area contributed by atoms with Crippen LogP contribution in [-0.4, -0.2) is 26.0 Å². The summed E-state index contributed by atoms with van der Waals surface area (Å²) in [5.41, 5.74) is 4.11. The molecule has 7 nitrogen and oxygen atoms in total. The predicted octanol–water partition coefficient (Wildman–Crippen LogP) is 6.52. The molecule has 0 aliphatic rings. The standard InChI is InChI=1S/C23H20ClN3O4/c1-11(2)19-20(15-10-18(27(30)31)12(3)9-16(15)24)22(23(28)29)26-21(19)14-5-4-6-17-13(14)7-8-25-17/h4-11,25-26H,1-3H3,(H,28,29). The van der Waals surface area contributed by atoms with Crippen molar-refractivity contribution in [2.24, 2.45) is 0 Å². The van der Waals surface area contributed by atoms with Gasteiger partial charge in [0.2, 0.25) is 0 Å². The fraction of sp³-hybridized carbons (Fsp3) is 0.174. The number of aromatic nitrogens is 2. The molecule has 0 aliphatic carbocycles. The zero-order valence-electron chi connectivity index (χ0n) is 17.1. The highest BCUT2D eigenvalue weighted by molar-refractivity contribution is 6.34. The van der Waals surface area contributed by atoms with Gasteiger partial charge in [0.05, 0.1) is 10.6 Å². The van der Waals surface area contributed by atoms with E-state index in [2.05, 4.69) is 9.97 Å². The molecular weight excluding hydrogens is 418 g/mol. The summed E-state index contributed by atoms with van der Waals surface area (Å²) in [4.78, 5) is 29.5. The second-order valence-corrected chi connectivity index (χ2v) is 8.15. The van der Waals surface area contributed by atoms with Crippen LogP contribution in [0.3, 0.4) is 0 Å². The maximum atomic E-state index is 12.2. The van der Waals surface area contributed by atoms with E-state index in [1.54, 1.807) is 6.92 Å². The first-order valence-electron chi connectivity index (χ1n) is 9.71. The zero-order valence-corrected chi connectivity index (χ0v) is 17.9. The van der Waals surface area contributed by atoms with E-state index in [-0.39, 0.29) is 22.3 Å². The van der Waals surface area contributed by atoms with Gasteiger partial charge in [-0.2, -0.15) is 0 Å². The van der Waals surface area contributed by atoms with Crippen LogP contribution in [0, 0.1) is 17.0 Å². The number of aryl methyl sites for hydroxylation is 1. The van der Waals surface area contributed by atoms with Gasteiger partial charge >= 0.3 is 5.97 Å². The van der Waals surface area contributed by atoms with Crippen molar-refractivity contribution in [2.45, 2.75) is 26.7 Å². The first-order chi connectivity index (χ1) is 14.7. The SMILES string of the molecule is Cc1cc(Cl)c(-c2c(C(=O)O)[nH]c(-c3cccc4[nH]ccc34)c2C(C)C)cc1[N+](=O)[O-]. The van der Waals surface area contributed by atoms with Crippen molar-refractivity contribution in [3.05, 3.63) is 74.6 Å². The van der Waals surface area contributed by atoms with Crippen molar-refractivity contribution in [1.82, 2.24) is 9.97 Å². The average Bonchev–Trinajstić information content (AvgIpc) is 3.32. The predicted molar refractivity (Wildman–Crippen MR) is 121 cm³/mol. The summed E-state index contributed by atoms with van der Waals surface area (Å²) in [6.45, 7) is 5.51. The van der Waals surface area contributed by atoms with E-state index < -0.39 is 10.9 Å². The summed E-state index contributed by atoms with van der Waals surface area (Å²) >= 11 is 6.49. The van der Waals surface area contributed by atoms with Gasteiger partial charge in [0, 0.05) is 50.4 Å². The summed E-state index contributed by atoms with van der Waals surface area (Å²) in [7, 11) is 0. The lowest BCUT2D eigenvalue weighted by Gasteiger charge is -2.14. The number of nitro benzene ring substituents is 1. The van der Waals surface area contributed by atoms with Gasteiger partial charge in [-0.3, -0.25) is 10.1 Å². The number of aromatic amines is 2. The summed E-state index contributed by atoms with van der Waals surface area (Å²) in [5.74, 6) is -1.25. The first kappa shape index (κ1) is 20.7. The van der Waals surface area contributed by atoms with Crippen molar-refractivity contribution in [1.29, 1.82) is 0 Å². The van der Waals surface area contributed by atoms with E-state index in [1.807, 2.05) is 44.3 Å². The number of benzene rings is 2. The van der Waals surface area contributed by atoms with Gasteiger partial charge in [0.1, 0.15) is 5.69 Å². The van der Waals surface area contributed by atoms with E-state index in [0.717, 1.165) is 22.0 Å². The van der Waals surface area contributed by atoms with Crippen LogP contribution < -0.4 is 0 Å². The van der Waals surface area contributed by atoms with E-state index in [1.165, 1.54) is 12.1 Å². The fourth-order valence-corrected chi connectivity index (χ4v) is 4.41. The lowest BCUT2D eigenvalue weighted by Crippen LogP contribution is -2.01. The van der Waals surface area contributed by atoms with Crippen LogP contribution >= 0.6 is 11.6 Å². The van der Waals surface area contributed by atoms with Gasteiger partial charge in [0.15, 0.2) is 0 Å². The highest BCUT2D eigenvalue weighted by Gasteiger charge is 2.29. The largest absolute Gasteiger partial charge is 0.477 e. The van der Waals surface area contributed by atoms with Gasteiger partial charge in [0.25, 0.3) is 5.69 Å². The molecule has 0 fully saturated rings.